The Labute approximate surface area is 89.5 Å². The number of unbranched alkanes of at least 4 members (excludes halogenated alkanes) is 1. The molecule has 0 spiro atoms. The Morgan fingerprint density at radius 3 is 2.57 bits per heavy atom. The second-order valence-electron chi connectivity index (χ2n) is 6.46. The van der Waals surface area contributed by atoms with E-state index in [1.807, 2.05) is 0 Å². The zero-order valence-corrected chi connectivity index (χ0v) is 10.3. The van der Waals surface area contributed by atoms with Crippen LogP contribution in [0.5, 0.6) is 0 Å². The molecule has 14 heavy (non-hydrogen) atoms. The molecule has 82 valence electrons. The van der Waals surface area contributed by atoms with Crippen LogP contribution in [0, 0.1) is 29.1 Å². The van der Waals surface area contributed by atoms with Gasteiger partial charge < -0.3 is 0 Å². The fourth-order valence-electron chi connectivity index (χ4n) is 4.33. The molecule has 0 aromatic carbocycles. The summed E-state index contributed by atoms with van der Waals surface area (Å²) in [7, 11) is 0. The minimum Gasteiger partial charge on any atom is -0.0654 e. The second kappa shape index (κ2) is 3.54. The maximum Gasteiger partial charge on any atom is -0.0320 e. The lowest BCUT2D eigenvalue weighted by Crippen LogP contribution is -2.32. The zero-order valence-electron chi connectivity index (χ0n) is 10.3. The van der Waals surface area contributed by atoms with Crippen molar-refractivity contribution in [3.63, 3.8) is 0 Å². The lowest BCUT2D eigenvalue weighted by Gasteiger charge is -2.39. The molecule has 4 atom stereocenters. The van der Waals surface area contributed by atoms with Crippen molar-refractivity contribution in [1.29, 1.82) is 0 Å². The topological polar surface area (TPSA) is 0 Å². The molecule has 0 N–H and O–H groups in total. The lowest BCUT2D eigenvalue weighted by molar-refractivity contribution is 0.0981. The van der Waals surface area contributed by atoms with E-state index in [9.17, 15) is 0 Å². The lowest BCUT2D eigenvalue weighted by atomic mass is 9.66. The van der Waals surface area contributed by atoms with Gasteiger partial charge in [0.1, 0.15) is 0 Å². The van der Waals surface area contributed by atoms with E-state index in [2.05, 4.69) is 27.7 Å². The summed E-state index contributed by atoms with van der Waals surface area (Å²) in [4.78, 5) is 0. The van der Waals surface area contributed by atoms with Crippen LogP contribution in [0.2, 0.25) is 0 Å². The molecule has 2 bridgehead atoms. The van der Waals surface area contributed by atoms with Gasteiger partial charge in [-0.05, 0) is 48.3 Å². The minimum atomic E-state index is 0.662. The summed E-state index contributed by atoms with van der Waals surface area (Å²) in [6.45, 7) is 9.84. The van der Waals surface area contributed by atoms with Gasteiger partial charge in [-0.2, -0.15) is 0 Å². The molecule has 0 radical (unpaired) electrons. The SMILES string of the molecule is CCCCC1C(C)C2CC1C(C)(C)C2. The molecule has 0 heteroatoms. The Morgan fingerprint density at radius 1 is 1.29 bits per heavy atom. The first kappa shape index (κ1) is 10.5. The predicted octanol–water partition coefficient (Wildman–Crippen LogP) is 4.49. The molecule has 0 saturated heterocycles. The Morgan fingerprint density at radius 2 is 2.00 bits per heavy atom. The summed E-state index contributed by atoms with van der Waals surface area (Å²) in [5, 5.41) is 0. The molecule has 4 unspecified atom stereocenters. The summed E-state index contributed by atoms with van der Waals surface area (Å²) in [6.07, 6.45) is 7.38. The molecule has 0 aliphatic heterocycles. The van der Waals surface area contributed by atoms with E-state index in [1.54, 1.807) is 6.42 Å². The van der Waals surface area contributed by atoms with Crippen molar-refractivity contribution in [2.45, 2.75) is 59.8 Å². The monoisotopic (exact) mass is 194 g/mol. The highest BCUT2D eigenvalue weighted by molar-refractivity contribution is 5.02. The first-order valence-electron chi connectivity index (χ1n) is 6.56. The molecular weight excluding hydrogens is 168 g/mol. The van der Waals surface area contributed by atoms with Crippen molar-refractivity contribution >= 4 is 0 Å². The number of hydrogen-bond donors (Lipinski definition) is 0. The highest BCUT2D eigenvalue weighted by atomic mass is 14.6. The molecule has 2 saturated carbocycles. The van der Waals surface area contributed by atoms with Crippen LogP contribution < -0.4 is 0 Å². The third-order valence-electron chi connectivity index (χ3n) is 5.18. The molecule has 2 aliphatic carbocycles. The maximum atomic E-state index is 2.51. The third-order valence-corrected chi connectivity index (χ3v) is 5.18. The highest BCUT2D eigenvalue weighted by Crippen LogP contribution is 2.61. The standard InChI is InChI=1S/C14H26/c1-5-6-7-12-10(2)11-8-13(12)14(3,4)9-11/h10-13H,5-9H2,1-4H3. The van der Waals surface area contributed by atoms with E-state index in [-0.39, 0.29) is 0 Å². The highest BCUT2D eigenvalue weighted by Gasteiger charge is 2.53. The van der Waals surface area contributed by atoms with E-state index in [1.165, 1.54) is 25.7 Å². The second-order valence-corrected chi connectivity index (χ2v) is 6.46. The molecule has 2 fully saturated rings. The number of rotatable bonds is 3. The fraction of sp³-hybridized carbons (Fsp3) is 1.00. The maximum absolute atomic E-state index is 2.51. The zero-order chi connectivity index (χ0) is 10.3. The van der Waals surface area contributed by atoms with Crippen molar-refractivity contribution < 1.29 is 0 Å². The minimum absolute atomic E-state index is 0.662. The summed E-state index contributed by atoms with van der Waals surface area (Å²) in [5.74, 6) is 4.20. The van der Waals surface area contributed by atoms with Crippen molar-refractivity contribution in [2.75, 3.05) is 0 Å². The van der Waals surface area contributed by atoms with E-state index in [4.69, 9.17) is 0 Å². The molecule has 2 aliphatic rings. The van der Waals surface area contributed by atoms with Gasteiger partial charge in [-0.1, -0.05) is 40.5 Å². The normalized spacial score (nSPS) is 44.6. The van der Waals surface area contributed by atoms with Gasteiger partial charge in [0.25, 0.3) is 0 Å². The van der Waals surface area contributed by atoms with Crippen LogP contribution in [0.25, 0.3) is 0 Å². The van der Waals surface area contributed by atoms with Crippen LogP contribution >= 0.6 is 0 Å². The largest absolute Gasteiger partial charge is 0.0654 e. The van der Waals surface area contributed by atoms with Crippen molar-refractivity contribution in [1.82, 2.24) is 0 Å². The summed E-state index contributed by atoms with van der Waals surface area (Å²) in [5.41, 5.74) is 0.662. The van der Waals surface area contributed by atoms with Gasteiger partial charge in [-0.3, -0.25) is 0 Å². The van der Waals surface area contributed by atoms with Gasteiger partial charge in [-0.15, -0.1) is 0 Å². The Kier molecular flexibility index (Phi) is 2.66. The van der Waals surface area contributed by atoms with Gasteiger partial charge in [0.2, 0.25) is 0 Å². The first-order chi connectivity index (χ1) is 6.56. The van der Waals surface area contributed by atoms with Gasteiger partial charge in [0.15, 0.2) is 0 Å². The molecule has 0 aromatic heterocycles. The van der Waals surface area contributed by atoms with Gasteiger partial charge in [0.05, 0.1) is 0 Å². The average Bonchev–Trinajstić information content (AvgIpc) is 2.56. The van der Waals surface area contributed by atoms with Crippen molar-refractivity contribution in [3.8, 4) is 0 Å². The van der Waals surface area contributed by atoms with Crippen LogP contribution in [0.1, 0.15) is 59.8 Å². The quantitative estimate of drug-likeness (QED) is 0.621. The van der Waals surface area contributed by atoms with E-state index >= 15 is 0 Å². The molecular formula is C14H26. The van der Waals surface area contributed by atoms with Crippen LogP contribution in [-0.4, -0.2) is 0 Å². The summed E-state index contributed by atoms with van der Waals surface area (Å²) < 4.78 is 0. The number of hydrogen-bond acceptors (Lipinski definition) is 0. The molecule has 0 heterocycles. The third kappa shape index (κ3) is 1.51. The van der Waals surface area contributed by atoms with E-state index in [0.717, 1.165) is 23.7 Å². The fourth-order valence-corrected chi connectivity index (χ4v) is 4.33. The van der Waals surface area contributed by atoms with Crippen LogP contribution in [0.4, 0.5) is 0 Å². The van der Waals surface area contributed by atoms with Gasteiger partial charge in [-0.25, -0.2) is 0 Å². The molecule has 0 nitrogen and oxygen atoms in total. The van der Waals surface area contributed by atoms with Crippen LogP contribution in [0.15, 0.2) is 0 Å². The summed E-state index contributed by atoms with van der Waals surface area (Å²) >= 11 is 0. The van der Waals surface area contributed by atoms with Gasteiger partial charge >= 0.3 is 0 Å². The smallest absolute Gasteiger partial charge is 0.0320 e. The summed E-state index contributed by atoms with van der Waals surface area (Å²) in [6, 6.07) is 0. The van der Waals surface area contributed by atoms with Crippen molar-refractivity contribution in [3.05, 3.63) is 0 Å². The van der Waals surface area contributed by atoms with Crippen molar-refractivity contribution in [2.24, 2.45) is 29.1 Å². The molecule has 0 aromatic rings. The molecule has 0 amide bonds. The van der Waals surface area contributed by atoms with Gasteiger partial charge in [0, 0.05) is 0 Å². The van der Waals surface area contributed by atoms with Crippen LogP contribution in [-0.2, 0) is 0 Å². The van der Waals surface area contributed by atoms with E-state index in [0.29, 0.717) is 5.41 Å². The molecule has 2 rings (SSSR count). The Bertz CT molecular complexity index is 204. The van der Waals surface area contributed by atoms with Crippen LogP contribution in [0.3, 0.4) is 0 Å². The predicted molar refractivity (Wildman–Crippen MR) is 62.2 cm³/mol. The number of fused-ring (bicyclic) bond motifs is 2. The van der Waals surface area contributed by atoms with E-state index < -0.39 is 0 Å². The average molecular weight is 194 g/mol. The first-order valence-corrected chi connectivity index (χ1v) is 6.56. The Hall–Kier alpha value is 0. The Balaban J connectivity index is 2.03.